The Hall–Kier alpha value is -1.53. The van der Waals surface area contributed by atoms with E-state index in [0.29, 0.717) is 24.9 Å². The Bertz CT molecular complexity index is 696. The van der Waals surface area contributed by atoms with Crippen molar-refractivity contribution in [2.45, 2.75) is 45.3 Å². The Morgan fingerprint density at radius 2 is 1.96 bits per heavy atom. The zero-order valence-electron chi connectivity index (χ0n) is 13.6. The van der Waals surface area contributed by atoms with Crippen LogP contribution in [-0.4, -0.2) is 21.5 Å². The fourth-order valence-corrected chi connectivity index (χ4v) is 2.61. The van der Waals surface area contributed by atoms with Crippen LogP contribution < -0.4 is 0 Å². The number of aliphatic hydroxyl groups excluding tert-OH is 1. The number of aryl methyl sites for hydroxylation is 1. The highest BCUT2D eigenvalue weighted by Gasteiger charge is 2.30. The smallest absolute Gasteiger partial charge is 0.396 e. The summed E-state index contributed by atoms with van der Waals surface area (Å²) in [4.78, 5) is 0. The van der Waals surface area contributed by atoms with E-state index in [1.807, 2.05) is 19.9 Å². The summed E-state index contributed by atoms with van der Waals surface area (Å²) in [6.07, 6.45) is -3.16. The lowest BCUT2D eigenvalue weighted by molar-refractivity contribution is -0.137. The molecule has 0 radical (unpaired) electrons. The molecule has 0 spiro atoms. The summed E-state index contributed by atoms with van der Waals surface area (Å²) < 4.78 is 39.9. The normalized spacial score (nSPS) is 12.2. The molecule has 0 aliphatic heterocycles. The van der Waals surface area contributed by atoms with Gasteiger partial charge in [0.1, 0.15) is 0 Å². The van der Waals surface area contributed by atoms with Gasteiger partial charge in [-0.05, 0) is 42.5 Å². The Morgan fingerprint density at radius 3 is 2.50 bits per heavy atom. The predicted octanol–water partition coefficient (Wildman–Crippen LogP) is 4.65. The third-order valence-electron chi connectivity index (χ3n) is 3.77. The summed E-state index contributed by atoms with van der Waals surface area (Å²) in [6, 6.07) is 5.33. The molecule has 24 heavy (non-hydrogen) atoms. The van der Waals surface area contributed by atoms with Gasteiger partial charge < -0.3 is 5.11 Å². The summed E-state index contributed by atoms with van der Waals surface area (Å²) in [5, 5.41) is 13.6. The van der Waals surface area contributed by atoms with Gasteiger partial charge in [0.15, 0.2) is 0 Å². The van der Waals surface area contributed by atoms with Crippen molar-refractivity contribution in [2.75, 3.05) is 6.61 Å². The Kier molecular flexibility index (Phi) is 5.93. The molecule has 0 bridgehead atoms. The zero-order chi connectivity index (χ0) is 17.9. The number of alkyl halides is 3. The summed E-state index contributed by atoms with van der Waals surface area (Å²) >= 11 is 6.03. The third kappa shape index (κ3) is 4.51. The standard InChI is InChI=1S/C17H20ClF3N2O/c1-11(2)16-9-14(4-3-7-24)23(22-16)10-12-5-6-13(8-15(12)18)17(19,20)21/h5-6,8-9,11,24H,3-4,7,10H2,1-2H3. The first-order valence-corrected chi connectivity index (χ1v) is 8.13. The van der Waals surface area contributed by atoms with Crippen LogP contribution in [0, 0.1) is 0 Å². The van der Waals surface area contributed by atoms with Gasteiger partial charge >= 0.3 is 6.18 Å². The van der Waals surface area contributed by atoms with Gasteiger partial charge in [-0.15, -0.1) is 0 Å². The van der Waals surface area contributed by atoms with Crippen LogP contribution in [0.15, 0.2) is 24.3 Å². The van der Waals surface area contributed by atoms with Crippen LogP contribution in [0.25, 0.3) is 0 Å². The molecule has 0 atom stereocenters. The van der Waals surface area contributed by atoms with Gasteiger partial charge in [0.2, 0.25) is 0 Å². The molecular weight excluding hydrogens is 341 g/mol. The second-order valence-corrected chi connectivity index (χ2v) is 6.41. The molecule has 2 rings (SSSR count). The minimum atomic E-state index is -4.41. The predicted molar refractivity (Wildman–Crippen MR) is 87.3 cm³/mol. The molecule has 2 aromatic rings. The molecule has 0 aliphatic rings. The highest BCUT2D eigenvalue weighted by atomic mass is 35.5. The highest BCUT2D eigenvalue weighted by Crippen LogP contribution is 2.32. The van der Waals surface area contributed by atoms with Gasteiger partial charge in [-0.1, -0.05) is 31.5 Å². The minimum absolute atomic E-state index is 0.0690. The SMILES string of the molecule is CC(C)c1cc(CCCO)n(Cc2ccc(C(F)(F)F)cc2Cl)n1. The molecule has 0 amide bonds. The number of hydrogen-bond donors (Lipinski definition) is 1. The molecule has 132 valence electrons. The van der Waals surface area contributed by atoms with Crippen LogP contribution >= 0.6 is 11.6 Å². The van der Waals surface area contributed by atoms with Crippen LogP contribution in [0.4, 0.5) is 13.2 Å². The van der Waals surface area contributed by atoms with Gasteiger partial charge in [-0.3, -0.25) is 4.68 Å². The Balaban J connectivity index is 2.29. The van der Waals surface area contributed by atoms with E-state index in [9.17, 15) is 13.2 Å². The Labute approximate surface area is 144 Å². The van der Waals surface area contributed by atoms with E-state index < -0.39 is 11.7 Å². The van der Waals surface area contributed by atoms with Gasteiger partial charge in [0.05, 0.1) is 17.8 Å². The molecule has 1 heterocycles. The quantitative estimate of drug-likeness (QED) is 0.814. The summed E-state index contributed by atoms with van der Waals surface area (Å²) in [6.45, 7) is 4.41. The maximum atomic E-state index is 12.7. The lowest BCUT2D eigenvalue weighted by Crippen LogP contribution is -2.09. The molecule has 1 N–H and O–H groups in total. The molecule has 7 heteroatoms. The zero-order valence-corrected chi connectivity index (χ0v) is 14.3. The summed E-state index contributed by atoms with van der Waals surface area (Å²) in [5.41, 5.74) is 1.66. The molecule has 1 aromatic carbocycles. The molecule has 0 fully saturated rings. The summed E-state index contributed by atoms with van der Waals surface area (Å²) in [7, 11) is 0. The van der Waals surface area contributed by atoms with Crippen molar-refractivity contribution in [2.24, 2.45) is 0 Å². The second-order valence-electron chi connectivity index (χ2n) is 6.00. The first-order chi connectivity index (χ1) is 11.2. The molecule has 3 nitrogen and oxygen atoms in total. The number of nitrogens with zero attached hydrogens (tertiary/aromatic N) is 2. The minimum Gasteiger partial charge on any atom is -0.396 e. The number of rotatable bonds is 6. The van der Waals surface area contributed by atoms with E-state index in [1.54, 1.807) is 4.68 Å². The molecule has 0 saturated carbocycles. The van der Waals surface area contributed by atoms with Crippen LogP contribution in [0.2, 0.25) is 5.02 Å². The Morgan fingerprint density at radius 1 is 1.25 bits per heavy atom. The molecule has 0 aliphatic carbocycles. The molecule has 0 unspecified atom stereocenters. The molecule has 0 saturated heterocycles. The molecule has 1 aromatic heterocycles. The monoisotopic (exact) mass is 360 g/mol. The van der Waals surface area contributed by atoms with Crippen LogP contribution in [0.5, 0.6) is 0 Å². The van der Waals surface area contributed by atoms with Crippen molar-refractivity contribution in [3.63, 3.8) is 0 Å². The van der Waals surface area contributed by atoms with E-state index in [2.05, 4.69) is 5.10 Å². The van der Waals surface area contributed by atoms with E-state index >= 15 is 0 Å². The maximum absolute atomic E-state index is 12.7. The lowest BCUT2D eigenvalue weighted by Gasteiger charge is -2.12. The third-order valence-corrected chi connectivity index (χ3v) is 4.12. The maximum Gasteiger partial charge on any atom is 0.416 e. The van der Waals surface area contributed by atoms with Gasteiger partial charge in [0, 0.05) is 17.3 Å². The van der Waals surface area contributed by atoms with Crippen LogP contribution in [0.1, 0.15) is 48.7 Å². The van der Waals surface area contributed by atoms with Gasteiger partial charge in [0.25, 0.3) is 0 Å². The number of hydrogen-bond acceptors (Lipinski definition) is 2. The number of benzene rings is 1. The lowest BCUT2D eigenvalue weighted by atomic mass is 10.1. The first-order valence-electron chi connectivity index (χ1n) is 7.75. The van der Waals surface area contributed by atoms with Crippen LogP contribution in [-0.2, 0) is 19.1 Å². The number of aliphatic hydroxyl groups is 1. The largest absolute Gasteiger partial charge is 0.416 e. The van der Waals surface area contributed by atoms with Crippen molar-refractivity contribution < 1.29 is 18.3 Å². The second kappa shape index (κ2) is 7.57. The average molecular weight is 361 g/mol. The van der Waals surface area contributed by atoms with Crippen molar-refractivity contribution in [3.05, 3.63) is 51.8 Å². The summed E-state index contributed by atoms with van der Waals surface area (Å²) in [5.74, 6) is 0.238. The van der Waals surface area contributed by atoms with Crippen molar-refractivity contribution in [3.8, 4) is 0 Å². The first kappa shape index (κ1) is 18.8. The highest BCUT2D eigenvalue weighted by molar-refractivity contribution is 6.31. The van der Waals surface area contributed by atoms with Gasteiger partial charge in [-0.2, -0.15) is 18.3 Å². The fraction of sp³-hybridized carbons (Fsp3) is 0.471. The number of aromatic nitrogens is 2. The van der Waals surface area contributed by atoms with Crippen molar-refractivity contribution >= 4 is 11.6 Å². The van der Waals surface area contributed by atoms with E-state index in [4.69, 9.17) is 16.7 Å². The van der Waals surface area contributed by atoms with Crippen molar-refractivity contribution in [1.82, 2.24) is 9.78 Å². The molecular formula is C17H20ClF3N2O. The van der Waals surface area contributed by atoms with Gasteiger partial charge in [-0.25, -0.2) is 0 Å². The van der Waals surface area contributed by atoms with Crippen molar-refractivity contribution in [1.29, 1.82) is 0 Å². The van der Waals surface area contributed by atoms with E-state index in [0.717, 1.165) is 23.5 Å². The number of halogens is 4. The van der Waals surface area contributed by atoms with Crippen LogP contribution in [0.3, 0.4) is 0 Å². The average Bonchev–Trinajstić information content (AvgIpc) is 2.89. The fourth-order valence-electron chi connectivity index (χ4n) is 2.37. The topological polar surface area (TPSA) is 38.0 Å². The van der Waals surface area contributed by atoms with E-state index in [1.165, 1.54) is 6.07 Å². The van der Waals surface area contributed by atoms with E-state index in [-0.39, 0.29) is 17.5 Å².